The Bertz CT molecular complexity index is 1210. The molecule has 1 aromatic heterocycles. The van der Waals surface area contributed by atoms with Crippen LogP contribution < -0.4 is 4.74 Å². The Morgan fingerprint density at radius 1 is 1.03 bits per heavy atom. The summed E-state index contributed by atoms with van der Waals surface area (Å²) in [5, 5.41) is 1.14. The number of benzene rings is 3. The van der Waals surface area contributed by atoms with Crippen LogP contribution in [0.1, 0.15) is 27.7 Å². The van der Waals surface area contributed by atoms with Crippen LogP contribution >= 0.6 is 11.3 Å². The van der Waals surface area contributed by atoms with Gasteiger partial charge in [-0.25, -0.2) is 9.18 Å². The van der Waals surface area contributed by atoms with E-state index >= 15 is 0 Å². The molecule has 0 aliphatic rings. The van der Waals surface area contributed by atoms with Gasteiger partial charge in [-0.1, -0.05) is 36.4 Å². The topological polar surface area (TPSA) is 35.5 Å². The molecule has 0 spiro atoms. The Balaban J connectivity index is 1.69. The van der Waals surface area contributed by atoms with E-state index in [4.69, 9.17) is 9.47 Å². The first-order valence-corrected chi connectivity index (χ1v) is 10.5. The maximum absolute atomic E-state index is 13.7. The van der Waals surface area contributed by atoms with Gasteiger partial charge in [0.1, 0.15) is 0 Å². The minimum absolute atomic E-state index is 0.255. The summed E-state index contributed by atoms with van der Waals surface area (Å²) in [5.74, 6) is -0.421. The molecule has 0 saturated carbocycles. The third kappa shape index (κ3) is 4.07. The zero-order valence-corrected chi connectivity index (χ0v) is 17.6. The average Bonchev–Trinajstić information content (AvgIpc) is 3.17. The standard InChI is InChI=1S/C25H21FO3S/c1-3-29-25(27)19-8-4-6-17(14-19)21-9-5-7-18-15-20(30-24(18)21)12-16-10-11-22(26)23(13-16)28-2/h4-11,13-15H,3,12H2,1-2H3. The molecule has 3 nitrogen and oxygen atoms in total. The van der Waals surface area contributed by atoms with Crippen LogP contribution in [0.3, 0.4) is 0 Å². The highest BCUT2D eigenvalue weighted by Gasteiger charge is 2.12. The van der Waals surface area contributed by atoms with Gasteiger partial charge in [-0.15, -0.1) is 11.3 Å². The summed E-state index contributed by atoms with van der Waals surface area (Å²) in [5.41, 5.74) is 3.58. The van der Waals surface area contributed by atoms with Gasteiger partial charge in [-0.3, -0.25) is 0 Å². The van der Waals surface area contributed by atoms with Crippen LogP contribution in [-0.2, 0) is 11.2 Å². The van der Waals surface area contributed by atoms with Gasteiger partial charge in [0.2, 0.25) is 0 Å². The van der Waals surface area contributed by atoms with Crippen LogP contribution in [0, 0.1) is 5.82 Å². The van der Waals surface area contributed by atoms with Crippen molar-refractivity contribution in [1.29, 1.82) is 0 Å². The number of ether oxygens (including phenoxy) is 2. The largest absolute Gasteiger partial charge is 0.494 e. The van der Waals surface area contributed by atoms with E-state index in [-0.39, 0.29) is 17.5 Å². The van der Waals surface area contributed by atoms with E-state index in [1.54, 1.807) is 36.5 Å². The van der Waals surface area contributed by atoms with Crippen LogP contribution in [-0.4, -0.2) is 19.7 Å². The smallest absolute Gasteiger partial charge is 0.338 e. The summed E-state index contributed by atoms with van der Waals surface area (Å²) in [7, 11) is 1.47. The number of thiophene rings is 1. The molecule has 0 amide bonds. The van der Waals surface area contributed by atoms with Crippen molar-refractivity contribution in [2.45, 2.75) is 13.3 Å². The summed E-state index contributed by atoms with van der Waals surface area (Å²) in [6.45, 7) is 2.15. The molecule has 0 atom stereocenters. The highest BCUT2D eigenvalue weighted by molar-refractivity contribution is 7.19. The van der Waals surface area contributed by atoms with Crippen molar-refractivity contribution in [2.24, 2.45) is 0 Å². The first-order chi connectivity index (χ1) is 14.6. The lowest BCUT2D eigenvalue weighted by molar-refractivity contribution is 0.0526. The van der Waals surface area contributed by atoms with Crippen molar-refractivity contribution in [3.8, 4) is 16.9 Å². The third-order valence-corrected chi connectivity index (χ3v) is 6.06. The molecule has 4 rings (SSSR count). The van der Waals surface area contributed by atoms with Crippen molar-refractivity contribution < 1.29 is 18.7 Å². The Labute approximate surface area is 178 Å². The van der Waals surface area contributed by atoms with E-state index in [1.165, 1.54) is 18.1 Å². The number of carbonyl (C=O) groups excluding carboxylic acids is 1. The van der Waals surface area contributed by atoms with Gasteiger partial charge in [-0.2, -0.15) is 0 Å². The van der Waals surface area contributed by atoms with E-state index in [9.17, 15) is 9.18 Å². The molecule has 30 heavy (non-hydrogen) atoms. The molecule has 4 aromatic rings. The highest BCUT2D eigenvalue weighted by atomic mass is 32.1. The highest BCUT2D eigenvalue weighted by Crippen LogP contribution is 2.36. The summed E-state index contributed by atoms with van der Waals surface area (Å²) in [6, 6.07) is 20.8. The molecule has 0 N–H and O–H groups in total. The zero-order valence-electron chi connectivity index (χ0n) is 16.8. The minimum atomic E-state index is -0.360. The van der Waals surface area contributed by atoms with Gasteiger partial charge in [0.05, 0.1) is 19.3 Å². The van der Waals surface area contributed by atoms with Gasteiger partial charge in [0.15, 0.2) is 11.6 Å². The predicted molar refractivity (Wildman–Crippen MR) is 119 cm³/mol. The maximum Gasteiger partial charge on any atom is 0.338 e. The second-order valence-electron chi connectivity index (χ2n) is 6.88. The predicted octanol–water partition coefficient (Wildman–Crippen LogP) is 6.48. The molecule has 0 aliphatic carbocycles. The van der Waals surface area contributed by atoms with Crippen LogP contribution in [0.2, 0.25) is 0 Å². The average molecular weight is 421 g/mol. The molecule has 0 bridgehead atoms. The zero-order chi connectivity index (χ0) is 21.1. The first-order valence-electron chi connectivity index (χ1n) is 9.70. The number of halogens is 1. The normalized spacial score (nSPS) is 10.9. The first kappa shape index (κ1) is 20.1. The number of methoxy groups -OCH3 is 1. The minimum Gasteiger partial charge on any atom is -0.494 e. The van der Waals surface area contributed by atoms with Crippen molar-refractivity contribution in [3.05, 3.63) is 88.6 Å². The van der Waals surface area contributed by atoms with Crippen molar-refractivity contribution in [3.63, 3.8) is 0 Å². The number of carbonyl (C=O) groups is 1. The molecule has 0 radical (unpaired) electrons. The molecule has 0 unspecified atom stereocenters. The fourth-order valence-corrected chi connectivity index (χ4v) is 4.70. The molecule has 5 heteroatoms. The van der Waals surface area contributed by atoms with E-state index in [0.717, 1.165) is 26.8 Å². The Kier molecular flexibility index (Phi) is 5.81. The van der Waals surface area contributed by atoms with Gasteiger partial charge in [0.25, 0.3) is 0 Å². The molecule has 0 saturated heterocycles. The van der Waals surface area contributed by atoms with Crippen LogP contribution in [0.4, 0.5) is 4.39 Å². The summed E-state index contributed by atoms with van der Waals surface area (Å²) < 4.78 is 25.1. The van der Waals surface area contributed by atoms with Crippen molar-refractivity contribution in [1.82, 2.24) is 0 Å². The molecule has 1 heterocycles. The Morgan fingerprint density at radius 2 is 1.87 bits per heavy atom. The fraction of sp³-hybridized carbons (Fsp3) is 0.160. The molecule has 152 valence electrons. The number of rotatable bonds is 6. The second kappa shape index (κ2) is 8.67. The Hall–Kier alpha value is -3.18. The number of hydrogen-bond acceptors (Lipinski definition) is 4. The lowest BCUT2D eigenvalue weighted by atomic mass is 10.0. The maximum atomic E-state index is 13.7. The quantitative estimate of drug-likeness (QED) is 0.335. The third-order valence-electron chi connectivity index (χ3n) is 4.87. The summed E-state index contributed by atoms with van der Waals surface area (Å²) in [6.07, 6.45) is 0.693. The van der Waals surface area contributed by atoms with Gasteiger partial charge < -0.3 is 9.47 Å². The lowest BCUT2D eigenvalue weighted by Gasteiger charge is -2.06. The summed E-state index contributed by atoms with van der Waals surface area (Å²) >= 11 is 1.70. The monoisotopic (exact) mass is 420 g/mol. The molecule has 0 aliphatic heterocycles. The van der Waals surface area contributed by atoms with E-state index < -0.39 is 0 Å². The molecular formula is C25H21FO3S. The fourth-order valence-electron chi connectivity index (χ4n) is 3.47. The van der Waals surface area contributed by atoms with Gasteiger partial charge >= 0.3 is 5.97 Å². The Morgan fingerprint density at radius 3 is 2.67 bits per heavy atom. The van der Waals surface area contributed by atoms with Crippen molar-refractivity contribution in [2.75, 3.05) is 13.7 Å². The van der Waals surface area contributed by atoms with Crippen LogP contribution in [0.5, 0.6) is 5.75 Å². The second-order valence-corrected chi connectivity index (χ2v) is 8.02. The van der Waals surface area contributed by atoms with Crippen molar-refractivity contribution >= 4 is 27.4 Å². The number of esters is 1. The number of hydrogen-bond donors (Lipinski definition) is 0. The van der Waals surface area contributed by atoms with E-state index in [0.29, 0.717) is 18.6 Å². The van der Waals surface area contributed by atoms with E-state index in [1.807, 2.05) is 24.3 Å². The van der Waals surface area contributed by atoms with Crippen LogP contribution in [0.15, 0.2) is 66.7 Å². The van der Waals surface area contributed by atoms with Gasteiger partial charge in [-0.05, 0) is 59.3 Å². The summed E-state index contributed by atoms with van der Waals surface area (Å²) in [4.78, 5) is 13.3. The lowest BCUT2D eigenvalue weighted by Crippen LogP contribution is -2.04. The van der Waals surface area contributed by atoms with E-state index in [2.05, 4.69) is 18.2 Å². The molecule has 0 fully saturated rings. The van der Waals surface area contributed by atoms with Crippen LogP contribution in [0.25, 0.3) is 21.2 Å². The number of fused-ring (bicyclic) bond motifs is 1. The SMILES string of the molecule is CCOC(=O)c1cccc(-c2cccc3cc(Cc4ccc(F)c(OC)c4)sc23)c1. The molecule has 3 aromatic carbocycles. The van der Waals surface area contributed by atoms with Gasteiger partial charge in [0, 0.05) is 16.0 Å². The molecular weight excluding hydrogens is 399 g/mol.